The van der Waals surface area contributed by atoms with Gasteiger partial charge in [-0.1, -0.05) is 47.2 Å². The van der Waals surface area contributed by atoms with Gasteiger partial charge in [0, 0.05) is 10.4 Å². The van der Waals surface area contributed by atoms with Crippen LogP contribution in [0.3, 0.4) is 0 Å². The number of aliphatic hydroxyl groups is 1. The Morgan fingerprint density at radius 1 is 1.05 bits per heavy atom. The van der Waals surface area contributed by atoms with Gasteiger partial charge in [0.15, 0.2) is 28.1 Å². The molecule has 0 bridgehead atoms. The van der Waals surface area contributed by atoms with Crippen molar-refractivity contribution < 1.29 is 28.6 Å². The van der Waals surface area contributed by atoms with Gasteiger partial charge in [0.1, 0.15) is 5.58 Å². The highest BCUT2D eigenvalue weighted by Gasteiger charge is 2.47. The van der Waals surface area contributed by atoms with Crippen molar-refractivity contribution in [2.75, 3.05) is 19.1 Å². The van der Waals surface area contributed by atoms with E-state index >= 15 is 0 Å². The van der Waals surface area contributed by atoms with Crippen LogP contribution in [0.1, 0.15) is 22.2 Å². The molecule has 0 saturated carbocycles. The summed E-state index contributed by atoms with van der Waals surface area (Å²) in [6.07, 6.45) is 0. The predicted molar refractivity (Wildman–Crippen MR) is 145 cm³/mol. The number of hydrogen-bond donors (Lipinski definition) is 1. The molecule has 0 aliphatic carbocycles. The SMILES string of the molecule is COc1ccc(C2C(C(=O)c3cc4ccccc4o3)=C(O)C(=O)N2c2nc3ccc(Cl)cc3s2)cc1OC. The van der Waals surface area contributed by atoms with Crippen LogP contribution in [-0.4, -0.2) is 36.0 Å². The summed E-state index contributed by atoms with van der Waals surface area (Å²) in [5, 5.41) is 12.6. The van der Waals surface area contributed by atoms with Crippen LogP contribution in [0, 0.1) is 0 Å². The summed E-state index contributed by atoms with van der Waals surface area (Å²) in [5.41, 5.74) is 1.53. The number of anilines is 1. The van der Waals surface area contributed by atoms with Crippen LogP contribution in [-0.2, 0) is 4.79 Å². The number of fused-ring (bicyclic) bond motifs is 2. The molecule has 1 aliphatic rings. The fourth-order valence-electron chi connectivity index (χ4n) is 4.59. The first-order valence-corrected chi connectivity index (χ1v) is 12.7. The normalized spacial score (nSPS) is 15.6. The van der Waals surface area contributed by atoms with Crippen LogP contribution in [0.15, 0.2) is 82.5 Å². The lowest BCUT2D eigenvalue weighted by Crippen LogP contribution is -2.31. The van der Waals surface area contributed by atoms with Gasteiger partial charge in [-0.25, -0.2) is 4.98 Å². The second-order valence-corrected chi connectivity index (χ2v) is 9.99. The molecule has 5 aromatic rings. The van der Waals surface area contributed by atoms with Gasteiger partial charge in [0.25, 0.3) is 5.91 Å². The number of benzene rings is 3. The number of amides is 1. The molecule has 0 spiro atoms. The number of Topliss-reactive ketones (excluding diaryl/α,β-unsaturated/α-hetero) is 1. The number of ether oxygens (including phenoxy) is 2. The van der Waals surface area contributed by atoms with Crippen LogP contribution in [0.2, 0.25) is 5.02 Å². The van der Waals surface area contributed by atoms with Crippen molar-refractivity contribution >= 4 is 60.9 Å². The number of aromatic nitrogens is 1. The lowest BCUT2D eigenvalue weighted by atomic mass is 9.95. The molecular formula is C28H19ClN2O6S. The van der Waals surface area contributed by atoms with E-state index < -0.39 is 23.5 Å². The molecular weight excluding hydrogens is 528 g/mol. The summed E-state index contributed by atoms with van der Waals surface area (Å²) < 4.78 is 17.4. The number of aliphatic hydroxyl groups excluding tert-OH is 1. The molecule has 0 fully saturated rings. The first-order valence-electron chi connectivity index (χ1n) is 11.5. The Labute approximate surface area is 225 Å². The van der Waals surface area contributed by atoms with E-state index in [-0.39, 0.29) is 11.3 Å². The summed E-state index contributed by atoms with van der Waals surface area (Å²) in [5.74, 6) is -1.17. The van der Waals surface area contributed by atoms with E-state index in [0.29, 0.717) is 38.3 Å². The van der Waals surface area contributed by atoms with Gasteiger partial charge in [-0.3, -0.25) is 14.5 Å². The molecule has 190 valence electrons. The molecule has 1 amide bonds. The predicted octanol–water partition coefficient (Wildman–Crippen LogP) is 6.50. The Balaban J connectivity index is 1.53. The summed E-state index contributed by atoms with van der Waals surface area (Å²) in [4.78, 5) is 33.3. The van der Waals surface area contributed by atoms with Crippen LogP contribution < -0.4 is 14.4 Å². The highest BCUT2D eigenvalue weighted by Crippen LogP contribution is 2.46. The van der Waals surface area contributed by atoms with Crippen molar-refractivity contribution in [3.05, 3.63) is 94.4 Å². The molecule has 2 aromatic heterocycles. The van der Waals surface area contributed by atoms with E-state index in [9.17, 15) is 14.7 Å². The van der Waals surface area contributed by atoms with Crippen LogP contribution in [0.4, 0.5) is 5.13 Å². The standard InChI is InChI=1S/C28H19ClN2O6S/c1-35-19-10-7-15(12-20(19)36-2)24-23(25(32)21-11-14-5-3-4-6-18(14)37-21)26(33)27(34)31(24)28-30-17-9-8-16(29)13-22(17)38-28/h3-13,24,33H,1-2H3. The minimum atomic E-state index is -1.01. The van der Waals surface area contributed by atoms with Crippen LogP contribution in [0.25, 0.3) is 21.2 Å². The fourth-order valence-corrected chi connectivity index (χ4v) is 5.86. The van der Waals surface area contributed by atoms with Gasteiger partial charge in [0.05, 0.1) is 36.1 Å². The van der Waals surface area contributed by atoms with Crippen molar-refractivity contribution in [2.45, 2.75) is 6.04 Å². The van der Waals surface area contributed by atoms with Gasteiger partial charge >= 0.3 is 0 Å². The molecule has 10 heteroatoms. The number of hydrogen-bond acceptors (Lipinski definition) is 8. The lowest BCUT2D eigenvalue weighted by molar-refractivity contribution is -0.117. The molecule has 3 heterocycles. The summed E-state index contributed by atoms with van der Waals surface area (Å²) in [7, 11) is 3.00. The highest BCUT2D eigenvalue weighted by atomic mass is 35.5. The van der Waals surface area contributed by atoms with Crippen molar-refractivity contribution in [3.63, 3.8) is 0 Å². The number of nitrogens with zero attached hydrogens (tertiary/aromatic N) is 2. The number of halogens is 1. The smallest absolute Gasteiger partial charge is 0.296 e. The Bertz CT molecular complexity index is 1760. The number of furan rings is 1. The van der Waals surface area contributed by atoms with Gasteiger partial charge in [-0.05, 0) is 48.0 Å². The maximum Gasteiger partial charge on any atom is 0.296 e. The molecule has 0 radical (unpaired) electrons. The second kappa shape index (κ2) is 9.20. The quantitative estimate of drug-likeness (QED) is 0.243. The van der Waals surface area contributed by atoms with Gasteiger partial charge in [-0.15, -0.1) is 0 Å². The summed E-state index contributed by atoms with van der Waals surface area (Å²) >= 11 is 7.39. The molecule has 1 atom stereocenters. The first-order chi connectivity index (χ1) is 18.4. The van der Waals surface area contributed by atoms with E-state index in [1.54, 1.807) is 54.6 Å². The molecule has 3 aromatic carbocycles. The lowest BCUT2D eigenvalue weighted by Gasteiger charge is -2.25. The topological polar surface area (TPSA) is 102 Å². The zero-order valence-electron chi connectivity index (χ0n) is 20.1. The number of rotatable bonds is 6. The van der Waals surface area contributed by atoms with Crippen LogP contribution in [0.5, 0.6) is 11.5 Å². The second-order valence-electron chi connectivity index (χ2n) is 8.54. The fraction of sp³-hybridized carbons (Fsp3) is 0.107. The number of methoxy groups -OCH3 is 2. The molecule has 1 N–H and O–H groups in total. The van der Waals surface area contributed by atoms with E-state index in [4.69, 9.17) is 25.5 Å². The van der Waals surface area contributed by atoms with Gasteiger partial charge < -0.3 is 19.0 Å². The molecule has 1 aliphatic heterocycles. The summed E-state index contributed by atoms with van der Waals surface area (Å²) in [6, 6.07) is 18.0. The minimum absolute atomic E-state index is 0.00367. The van der Waals surface area contributed by atoms with Crippen molar-refractivity contribution in [1.82, 2.24) is 4.98 Å². The number of ketones is 1. The van der Waals surface area contributed by atoms with Crippen molar-refractivity contribution in [3.8, 4) is 11.5 Å². The Morgan fingerprint density at radius 3 is 2.61 bits per heavy atom. The first kappa shape index (κ1) is 24.0. The molecule has 1 unspecified atom stereocenters. The summed E-state index contributed by atoms with van der Waals surface area (Å²) in [6.45, 7) is 0. The van der Waals surface area contributed by atoms with Crippen molar-refractivity contribution in [1.29, 1.82) is 0 Å². The van der Waals surface area contributed by atoms with E-state index in [1.807, 2.05) is 12.1 Å². The van der Waals surface area contributed by atoms with E-state index in [2.05, 4.69) is 4.98 Å². The van der Waals surface area contributed by atoms with E-state index in [1.165, 1.54) is 30.5 Å². The third kappa shape index (κ3) is 3.79. The van der Waals surface area contributed by atoms with Crippen LogP contribution >= 0.6 is 22.9 Å². The third-order valence-corrected chi connectivity index (χ3v) is 7.62. The maximum absolute atomic E-state index is 13.8. The molecule has 8 nitrogen and oxygen atoms in total. The zero-order valence-corrected chi connectivity index (χ0v) is 21.7. The number of para-hydroxylation sites is 1. The molecule has 38 heavy (non-hydrogen) atoms. The third-order valence-electron chi connectivity index (χ3n) is 6.37. The van der Waals surface area contributed by atoms with E-state index in [0.717, 1.165) is 10.1 Å². The van der Waals surface area contributed by atoms with Gasteiger partial charge in [-0.2, -0.15) is 0 Å². The maximum atomic E-state index is 13.8. The highest BCUT2D eigenvalue weighted by molar-refractivity contribution is 7.22. The average molecular weight is 547 g/mol. The largest absolute Gasteiger partial charge is 0.503 e. The average Bonchev–Trinajstić information content (AvgIpc) is 3.61. The van der Waals surface area contributed by atoms with Crippen molar-refractivity contribution in [2.24, 2.45) is 0 Å². The monoisotopic (exact) mass is 546 g/mol. The Morgan fingerprint density at radius 2 is 1.84 bits per heavy atom. The Hall–Kier alpha value is -4.34. The zero-order chi connectivity index (χ0) is 26.6. The van der Waals surface area contributed by atoms with Gasteiger partial charge in [0.2, 0.25) is 5.78 Å². The molecule has 6 rings (SSSR count). The number of carbonyl (C=O) groups is 2. The Kier molecular flexibility index (Phi) is 5.81. The minimum Gasteiger partial charge on any atom is -0.503 e. The number of carbonyl (C=O) groups excluding carboxylic acids is 2. The molecule has 0 saturated heterocycles. The number of thiazole rings is 1.